The number of hydrogen-bond donors (Lipinski definition) is 1. The fraction of sp³-hybridized carbons (Fsp3) is 0.300. The number of nitrogens with zero attached hydrogens (tertiary/aromatic N) is 1. The van der Waals surface area contributed by atoms with Crippen molar-refractivity contribution in [3.8, 4) is 5.75 Å². The molecule has 0 saturated carbocycles. The fourth-order valence-electron chi connectivity index (χ4n) is 2.18. The maximum Gasteiger partial charge on any atom is 0.258 e. The zero-order valence-electron chi connectivity index (χ0n) is 14.9. The Morgan fingerprint density at radius 1 is 1.04 bits per heavy atom. The first kappa shape index (κ1) is 18.5. The first-order chi connectivity index (χ1) is 12.0. The van der Waals surface area contributed by atoms with Crippen molar-refractivity contribution >= 4 is 17.5 Å². The number of nitrogens with one attached hydrogen (secondary N) is 1. The second kappa shape index (κ2) is 8.87. The Bertz CT molecular complexity index is 697. The van der Waals surface area contributed by atoms with Crippen molar-refractivity contribution < 1.29 is 14.3 Å². The van der Waals surface area contributed by atoms with E-state index in [0.717, 1.165) is 5.69 Å². The van der Waals surface area contributed by atoms with Gasteiger partial charge in [0.2, 0.25) is 0 Å². The molecule has 2 aromatic carbocycles. The molecule has 2 aromatic rings. The van der Waals surface area contributed by atoms with Crippen molar-refractivity contribution in [1.82, 2.24) is 5.32 Å². The smallest absolute Gasteiger partial charge is 0.258 e. The van der Waals surface area contributed by atoms with Crippen molar-refractivity contribution in [2.45, 2.75) is 13.8 Å². The van der Waals surface area contributed by atoms with Gasteiger partial charge in [-0.25, -0.2) is 0 Å². The Morgan fingerprint density at radius 2 is 1.68 bits per heavy atom. The molecule has 5 nitrogen and oxygen atoms in total. The minimum absolute atomic E-state index is 0.0230. The molecule has 0 aliphatic heterocycles. The van der Waals surface area contributed by atoms with Crippen LogP contribution < -0.4 is 15.0 Å². The lowest BCUT2D eigenvalue weighted by Gasteiger charge is -2.18. The average Bonchev–Trinajstić information content (AvgIpc) is 2.64. The van der Waals surface area contributed by atoms with Gasteiger partial charge < -0.3 is 15.0 Å². The predicted octanol–water partition coefficient (Wildman–Crippen LogP) is 3.11. The molecule has 5 heteroatoms. The maximum absolute atomic E-state index is 12.4. The van der Waals surface area contributed by atoms with Crippen LogP contribution in [0, 0.1) is 5.92 Å². The van der Waals surface area contributed by atoms with E-state index in [1.165, 1.54) is 0 Å². The summed E-state index contributed by atoms with van der Waals surface area (Å²) in [7, 11) is 1.73. The standard InChI is InChI=1S/C20H24N2O3/c1-15(2)13-21-19(23)14-25-18-11-9-17(10-12-18)22(3)20(24)16-7-5-4-6-8-16/h4-12,15H,13-14H2,1-3H3,(H,21,23). The molecule has 0 atom stereocenters. The van der Waals surface area contributed by atoms with E-state index in [1.54, 1.807) is 48.3 Å². The number of carbonyl (C=O) groups excluding carboxylic acids is 2. The lowest BCUT2D eigenvalue weighted by Crippen LogP contribution is -2.31. The molecule has 0 aromatic heterocycles. The highest BCUT2D eigenvalue weighted by atomic mass is 16.5. The van der Waals surface area contributed by atoms with Gasteiger partial charge in [-0.3, -0.25) is 9.59 Å². The van der Waals surface area contributed by atoms with Crippen LogP contribution in [0.2, 0.25) is 0 Å². The molecule has 2 rings (SSSR count). The normalized spacial score (nSPS) is 10.4. The van der Waals surface area contributed by atoms with E-state index in [4.69, 9.17) is 4.74 Å². The molecule has 25 heavy (non-hydrogen) atoms. The number of carbonyl (C=O) groups is 2. The van der Waals surface area contributed by atoms with Crippen LogP contribution in [0.4, 0.5) is 5.69 Å². The summed E-state index contributed by atoms with van der Waals surface area (Å²) in [6, 6.07) is 16.2. The number of rotatable bonds is 7. The molecule has 0 spiro atoms. The van der Waals surface area contributed by atoms with E-state index < -0.39 is 0 Å². The lowest BCUT2D eigenvalue weighted by molar-refractivity contribution is -0.123. The van der Waals surface area contributed by atoms with Crippen molar-refractivity contribution in [3.63, 3.8) is 0 Å². The molecule has 0 aliphatic rings. The van der Waals surface area contributed by atoms with E-state index in [-0.39, 0.29) is 18.4 Å². The lowest BCUT2D eigenvalue weighted by atomic mass is 10.2. The molecule has 0 unspecified atom stereocenters. The summed E-state index contributed by atoms with van der Waals surface area (Å²) in [6.07, 6.45) is 0. The summed E-state index contributed by atoms with van der Waals surface area (Å²) < 4.78 is 5.46. The van der Waals surface area contributed by atoms with Gasteiger partial charge in [0.05, 0.1) is 0 Å². The van der Waals surface area contributed by atoms with Gasteiger partial charge in [0.1, 0.15) is 5.75 Å². The summed E-state index contributed by atoms with van der Waals surface area (Å²) >= 11 is 0. The first-order valence-corrected chi connectivity index (χ1v) is 8.30. The highest BCUT2D eigenvalue weighted by Gasteiger charge is 2.13. The van der Waals surface area contributed by atoms with Gasteiger partial charge in [-0.05, 0) is 42.3 Å². The predicted molar refractivity (Wildman–Crippen MR) is 99.0 cm³/mol. The quantitative estimate of drug-likeness (QED) is 0.842. The average molecular weight is 340 g/mol. The molecule has 132 valence electrons. The number of benzene rings is 2. The van der Waals surface area contributed by atoms with E-state index in [9.17, 15) is 9.59 Å². The van der Waals surface area contributed by atoms with Gasteiger partial charge in [0, 0.05) is 24.8 Å². The largest absolute Gasteiger partial charge is 0.484 e. The number of hydrogen-bond acceptors (Lipinski definition) is 3. The van der Waals surface area contributed by atoms with Crippen molar-refractivity contribution in [2.75, 3.05) is 25.1 Å². The molecule has 0 aliphatic carbocycles. The summed E-state index contributed by atoms with van der Waals surface area (Å²) in [5.74, 6) is 0.765. The highest BCUT2D eigenvalue weighted by molar-refractivity contribution is 6.05. The monoisotopic (exact) mass is 340 g/mol. The minimum Gasteiger partial charge on any atom is -0.484 e. The van der Waals surface area contributed by atoms with E-state index in [2.05, 4.69) is 5.32 Å². The summed E-state index contributed by atoms with van der Waals surface area (Å²) in [4.78, 5) is 25.6. The van der Waals surface area contributed by atoms with E-state index in [1.807, 2.05) is 32.0 Å². The van der Waals surface area contributed by atoms with Gasteiger partial charge in [0.25, 0.3) is 11.8 Å². The van der Waals surface area contributed by atoms with Crippen molar-refractivity contribution in [2.24, 2.45) is 5.92 Å². The van der Waals surface area contributed by atoms with Crippen LogP contribution in [-0.2, 0) is 4.79 Å². The third-order valence-electron chi connectivity index (χ3n) is 3.63. The molecule has 1 N–H and O–H groups in total. The molecule has 0 radical (unpaired) electrons. The van der Waals surface area contributed by atoms with Crippen LogP contribution in [0.25, 0.3) is 0 Å². The third kappa shape index (κ3) is 5.64. The van der Waals surface area contributed by atoms with Crippen molar-refractivity contribution in [1.29, 1.82) is 0 Å². The second-order valence-electron chi connectivity index (χ2n) is 6.21. The SMILES string of the molecule is CC(C)CNC(=O)COc1ccc(N(C)C(=O)c2ccccc2)cc1. The zero-order chi connectivity index (χ0) is 18.2. The second-order valence-corrected chi connectivity index (χ2v) is 6.21. The maximum atomic E-state index is 12.4. The van der Waals surface area contributed by atoms with Gasteiger partial charge in [0.15, 0.2) is 6.61 Å². The van der Waals surface area contributed by atoms with Crippen LogP contribution >= 0.6 is 0 Å². The molecule has 0 heterocycles. The summed E-state index contributed by atoms with van der Waals surface area (Å²) in [5, 5.41) is 2.80. The fourth-order valence-corrected chi connectivity index (χ4v) is 2.18. The van der Waals surface area contributed by atoms with Gasteiger partial charge >= 0.3 is 0 Å². The van der Waals surface area contributed by atoms with Crippen LogP contribution in [0.1, 0.15) is 24.2 Å². The van der Waals surface area contributed by atoms with E-state index >= 15 is 0 Å². The molecule has 0 saturated heterocycles. The Kier molecular flexibility index (Phi) is 6.57. The van der Waals surface area contributed by atoms with E-state index in [0.29, 0.717) is 23.8 Å². The van der Waals surface area contributed by atoms with Crippen LogP contribution in [0.15, 0.2) is 54.6 Å². The van der Waals surface area contributed by atoms with Crippen molar-refractivity contribution in [3.05, 3.63) is 60.2 Å². The van der Waals surface area contributed by atoms with Gasteiger partial charge in [-0.15, -0.1) is 0 Å². The third-order valence-corrected chi connectivity index (χ3v) is 3.63. The Morgan fingerprint density at radius 3 is 2.28 bits per heavy atom. The zero-order valence-corrected chi connectivity index (χ0v) is 14.9. The topological polar surface area (TPSA) is 58.6 Å². The Balaban J connectivity index is 1.91. The summed E-state index contributed by atoms with van der Waals surface area (Å²) in [6.45, 7) is 4.68. The molecule has 2 amide bonds. The van der Waals surface area contributed by atoms with Crippen LogP contribution in [0.5, 0.6) is 5.75 Å². The summed E-state index contributed by atoms with van der Waals surface area (Å²) in [5.41, 5.74) is 1.39. The molecule has 0 fully saturated rings. The molecule has 0 bridgehead atoms. The molecular formula is C20H24N2O3. The molecular weight excluding hydrogens is 316 g/mol. The number of amides is 2. The Labute approximate surface area is 148 Å². The van der Waals surface area contributed by atoms with Crippen LogP contribution in [0.3, 0.4) is 0 Å². The van der Waals surface area contributed by atoms with Gasteiger partial charge in [-0.1, -0.05) is 32.0 Å². The Hall–Kier alpha value is -2.82. The highest BCUT2D eigenvalue weighted by Crippen LogP contribution is 2.20. The minimum atomic E-state index is -0.144. The number of anilines is 1. The number of ether oxygens (including phenoxy) is 1. The first-order valence-electron chi connectivity index (χ1n) is 8.30. The van der Waals surface area contributed by atoms with Gasteiger partial charge in [-0.2, -0.15) is 0 Å². The van der Waals surface area contributed by atoms with Crippen LogP contribution in [-0.4, -0.2) is 32.0 Å².